The fourth-order valence-electron chi connectivity index (χ4n) is 2.28. The lowest BCUT2D eigenvalue weighted by atomic mass is 9.97. The highest BCUT2D eigenvalue weighted by Gasteiger charge is 2.41. The number of methoxy groups -OCH3 is 1. The first-order valence-electron chi connectivity index (χ1n) is 6.87. The number of ether oxygens (including phenoxy) is 2. The summed E-state index contributed by atoms with van der Waals surface area (Å²) < 4.78 is 9.74. The smallest absolute Gasteiger partial charge is 0.322 e. The Kier molecular flexibility index (Phi) is 5.54. The Morgan fingerprint density at radius 1 is 1.29 bits per heavy atom. The first kappa shape index (κ1) is 15.7. The number of hydrogen-bond donors (Lipinski definition) is 1. The molecule has 1 heterocycles. The number of esters is 1. The number of carbonyl (C=O) groups is 1. The third kappa shape index (κ3) is 3.93. The Morgan fingerprint density at radius 3 is 2.52 bits per heavy atom. The van der Waals surface area contributed by atoms with E-state index in [0.717, 1.165) is 30.8 Å². The molecule has 1 saturated heterocycles. The van der Waals surface area contributed by atoms with Gasteiger partial charge in [-0.25, -0.2) is 0 Å². The number of hydrogen-bond acceptors (Lipinski definition) is 5. The summed E-state index contributed by atoms with van der Waals surface area (Å²) in [5.41, 5.74) is 0. The summed E-state index contributed by atoms with van der Waals surface area (Å²) in [4.78, 5) is 13.2. The highest BCUT2D eigenvalue weighted by molar-refractivity contribution is 8.01. The normalized spacial score (nSPS) is 16.5. The molecule has 0 aromatic heterocycles. The molecule has 0 atom stereocenters. The first-order chi connectivity index (χ1) is 10.2. The predicted molar refractivity (Wildman–Crippen MR) is 83.2 cm³/mol. The minimum Gasteiger partial charge on any atom is -0.468 e. The zero-order valence-electron chi connectivity index (χ0n) is 12.3. The Labute approximate surface area is 129 Å². The minimum absolute atomic E-state index is 0.147. The summed E-state index contributed by atoms with van der Waals surface area (Å²) in [6, 6.07) is 7.62. The molecule has 1 fully saturated rings. The molecule has 1 aliphatic rings. The quantitative estimate of drug-likeness (QED) is 0.684. The number of benzene rings is 1. The molecule has 112 valence electrons. The number of piperidine rings is 1. The molecule has 0 radical (unpaired) electrons. The van der Waals surface area contributed by atoms with Gasteiger partial charge in [0, 0.05) is 11.8 Å². The van der Waals surface area contributed by atoms with Crippen LogP contribution < -0.4 is 10.1 Å². The van der Waals surface area contributed by atoms with E-state index in [1.807, 2.05) is 24.3 Å². The van der Waals surface area contributed by atoms with Crippen LogP contribution in [0.4, 0.5) is 0 Å². The second kappa shape index (κ2) is 7.39. The molecule has 2 rings (SSSR count). The summed E-state index contributed by atoms with van der Waals surface area (Å²) in [6.07, 6.45) is 4.10. The summed E-state index contributed by atoms with van der Waals surface area (Å²) in [5, 5.41) is 3.28. The van der Waals surface area contributed by atoms with Crippen LogP contribution in [0.25, 0.3) is 0 Å². The SMILES string of the molecule is CC#COc1ccc(SC2(C(=O)OC)CCNCC2)cc1. The largest absolute Gasteiger partial charge is 0.468 e. The van der Waals surface area contributed by atoms with Crippen molar-refractivity contribution in [3.05, 3.63) is 24.3 Å². The van der Waals surface area contributed by atoms with E-state index in [0.29, 0.717) is 5.75 Å². The van der Waals surface area contributed by atoms with Gasteiger partial charge in [0.25, 0.3) is 0 Å². The van der Waals surface area contributed by atoms with Gasteiger partial charge in [-0.3, -0.25) is 4.79 Å². The molecule has 0 saturated carbocycles. The third-order valence-electron chi connectivity index (χ3n) is 3.38. The van der Waals surface area contributed by atoms with E-state index in [2.05, 4.69) is 17.3 Å². The highest BCUT2D eigenvalue weighted by Crippen LogP contribution is 2.41. The fraction of sp³-hybridized carbons (Fsp3) is 0.438. The monoisotopic (exact) mass is 305 g/mol. The van der Waals surface area contributed by atoms with Crippen LogP contribution >= 0.6 is 11.8 Å². The molecule has 1 N–H and O–H groups in total. The zero-order valence-corrected chi connectivity index (χ0v) is 13.1. The Bertz CT molecular complexity index is 539. The molecule has 1 aromatic rings. The number of thioether (sulfide) groups is 1. The lowest BCUT2D eigenvalue weighted by molar-refractivity contribution is -0.144. The molecule has 0 aliphatic carbocycles. The molecule has 0 unspecified atom stereocenters. The van der Waals surface area contributed by atoms with Crippen LogP contribution in [0.2, 0.25) is 0 Å². The van der Waals surface area contributed by atoms with E-state index in [1.165, 1.54) is 7.11 Å². The Balaban J connectivity index is 2.12. The van der Waals surface area contributed by atoms with E-state index >= 15 is 0 Å². The van der Waals surface area contributed by atoms with Gasteiger partial charge >= 0.3 is 5.97 Å². The number of rotatable bonds is 4. The molecular formula is C16H19NO3S. The molecule has 1 aromatic carbocycles. The zero-order chi connectivity index (χ0) is 15.1. The van der Waals surface area contributed by atoms with Crippen LogP contribution in [-0.2, 0) is 9.53 Å². The van der Waals surface area contributed by atoms with Crippen LogP contribution in [0.5, 0.6) is 5.75 Å². The van der Waals surface area contributed by atoms with Gasteiger partial charge in [0.2, 0.25) is 0 Å². The van der Waals surface area contributed by atoms with Gasteiger partial charge in [-0.05, 0) is 50.2 Å². The first-order valence-corrected chi connectivity index (χ1v) is 7.69. The summed E-state index contributed by atoms with van der Waals surface area (Å²) in [7, 11) is 1.45. The molecule has 0 spiro atoms. The van der Waals surface area contributed by atoms with Crippen molar-refractivity contribution in [3.8, 4) is 17.8 Å². The molecule has 5 heteroatoms. The van der Waals surface area contributed by atoms with E-state index in [9.17, 15) is 4.79 Å². The number of nitrogens with one attached hydrogen (secondary N) is 1. The van der Waals surface area contributed by atoms with Crippen molar-refractivity contribution in [2.24, 2.45) is 0 Å². The molecular weight excluding hydrogens is 286 g/mol. The topological polar surface area (TPSA) is 47.6 Å². The summed E-state index contributed by atoms with van der Waals surface area (Å²) >= 11 is 1.57. The van der Waals surface area contributed by atoms with Gasteiger partial charge in [-0.1, -0.05) is 5.92 Å². The van der Waals surface area contributed by atoms with Crippen molar-refractivity contribution in [2.75, 3.05) is 20.2 Å². The number of carbonyl (C=O) groups excluding carboxylic acids is 1. The van der Waals surface area contributed by atoms with Crippen LogP contribution in [0.1, 0.15) is 19.8 Å². The van der Waals surface area contributed by atoms with Crippen molar-refractivity contribution in [1.29, 1.82) is 0 Å². The van der Waals surface area contributed by atoms with Crippen molar-refractivity contribution < 1.29 is 14.3 Å². The summed E-state index contributed by atoms with van der Waals surface area (Å²) in [5.74, 6) is 3.23. The molecule has 0 bridgehead atoms. The average Bonchev–Trinajstić information content (AvgIpc) is 2.54. The fourth-order valence-corrected chi connectivity index (χ4v) is 3.57. The highest BCUT2D eigenvalue weighted by atomic mass is 32.2. The lowest BCUT2D eigenvalue weighted by Crippen LogP contribution is -2.45. The van der Waals surface area contributed by atoms with Gasteiger partial charge in [0.1, 0.15) is 16.6 Å². The molecule has 0 amide bonds. The molecule has 4 nitrogen and oxygen atoms in total. The predicted octanol–water partition coefficient (Wildman–Crippen LogP) is 2.43. The maximum Gasteiger partial charge on any atom is 0.322 e. The lowest BCUT2D eigenvalue weighted by Gasteiger charge is -2.34. The summed E-state index contributed by atoms with van der Waals surface area (Å²) in [6.45, 7) is 3.38. The van der Waals surface area contributed by atoms with Crippen molar-refractivity contribution in [1.82, 2.24) is 5.32 Å². The average molecular weight is 305 g/mol. The Hall–Kier alpha value is -1.64. The second-order valence-corrected chi connectivity index (χ2v) is 6.22. The standard InChI is InChI=1S/C16H19NO3S/c1-3-12-20-13-4-6-14(7-5-13)21-16(15(18)19-2)8-10-17-11-9-16/h4-7,17H,8-11H2,1-2H3. The second-order valence-electron chi connectivity index (χ2n) is 4.76. The van der Waals surface area contributed by atoms with Gasteiger partial charge in [-0.2, -0.15) is 0 Å². The van der Waals surface area contributed by atoms with E-state index in [1.54, 1.807) is 18.7 Å². The van der Waals surface area contributed by atoms with Crippen molar-refractivity contribution in [2.45, 2.75) is 29.4 Å². The van der Waals surface area contributed by atoms with Gasteiger partial charge in [0.05, 0.1) is 7.11 Å². The van der Waals surface area contributed by atoms with Crippen LogP contribution in [0.15, 0.2) is 29.2 Å². The van der Waals surface area contributed by atoms with Crippen LogP contribution in [-0.4, -0.2) is 30.9 Å². The van der Waals surface area contributed by atoms with Crippen LogP contribution in [0, 0.1) is 12.0 Å². The maximum absolute atomic E-state index is 12.2. The minimum atomic E-state index is -0.494. The van der Waals surface area contributed by atoms with Gasteiger partial charge in [-0.15, -0.1) is 11.8 Å². The third-order valence-corrected chi connectivity index (χ3v) is 4.85. The van der Waals surface area contributed by atoms with E-state index in [-0.39, 0.29) is 5.97 Å². The maximum atomic E-state index is 12.2. The Morgan fingerprint density at radius 2 is 1.95 bits per heavy atom. The van der Waals surface area contributed by atoms with Gasteiger partial charge in [0.15, 0.2) is 0 Å². The molecule has 21 heavy (non-hydrogen) atoms. The van der Waals surface area contributed by atoms with E-state index < -0.39 is 4.75 Å². The molecule has 1 aliphatic heterocycles. The van der Waals surface area contributed by atoms with Crippen molar-refractivity contribution in [3.63, 3.8) is 0 Å². The van der Waals surface area contributed by atoms with Crippen molar-refractivity contribution >= 4 is 17.7 Å². The van der Waals surface area contributed by atoms with Crippen LogP contribution in [0.3, 0.4) is 0 Å². The van der Waals surface area contributed by atoms with E-state index in [4.69, 9.17) is 9.47 Å². The van der Waals surface area contributed by atoms with Gasteiger partial charge < -0.3 is 14.8 Å².